The fourth-order valence-electron chi connectivity index (χ4n) is 1.96. The number of nitrogens with one attached hydrogen (secondary N) is 1. The van der Waals surface area contributed by atoms with Gasteiger partial charge in [-0.3, -0.25) is 4.98 Å². The molecule has 0 saturated heterocycles. The van der Waals surface area contributed by atoms with Crippen molar-refractivity contribution in [3.05, 3.63) is 24.0 Å². The molecule has 3 heteroatoms. The summed E-state index contributed by atoms with van der Waals surface area (Å²) < 4.78 is 5.90. The minimum atomic E-state index is 0.254. The Labute approximate surface area is 111 Å². The highest BCUT2D eigenvalue weighted by molar-refractivity contribution is 5.22. The summed E-state index contributed by atoms with van der Waals surface area (Å²) in [6, 6.07) is 3.96. The highest BCUT2D eigenvalue weighted by Crippen LogP contribution is 2.16. The monoisotopic (exact) mass is 250 g/mol. The number of rotatable bonds is 8. The molecule has 102 valence electrons. The molecule has 0 aliphatic rings. The van der Waals surface area contributed by atoms with E-state index in [2.05, 4.69) is 38.0 Å². The second-order valence-corrected chi connectivity index (χ2v) is 5.22. The van der Waals surface area contributed by atoms with E-state index in [-0.39, 0.29) is 6.10 Å². The summed E-state index contributed by atoms with van der Waals surface area (Å²) in [5.41, 5.74) is 1.04. The molecule has 1 rings (SSSR count). The molecule has 1 unspecified atom stereocenters. The zero-order valence-corrected chi connectivity index (χ0v) is 12.1. The summed E-state index contributed by atoms with van der Waals surface area (Å²) in [6.07, 6.45) is 4.29. The first-order chi connectivity index (χ1) is 8.61. The Kier molecular flexibility index (Phi) is 6.73. The number of hydrogen-bond acceptors (Lipinski definition) is 3. The molecule has 1 aromatic heterocycles. The van der Waals surface area contributed by atoms with Crippen LogP contribution in [0.2, 0.25) is 0 Å². The Hall–Kier alpha value is -1.09. The summed E-state index contributed by atoms with van der Waals surface area (Å²) in [6.45, 7) is 10.5. The van der Waals surface area contributed by atoms with Gasteiger partial charge in [-0.2, -0.15) is 0 Å². The second kappa shape index (κ2) is 8.09. The van der Waals surface area contributed by atoms with Gasteiger partial charge < -0.3 is 10.1 Å². The summed E-state index contributed by atoms with van der Waals surface area (Å²) in [4.78, 5) is 4.34. The predicted octanol–water partition coefficient (Wildman–Crippen LogP) is 3.39. The van der Waals surface area contributed by atoms with Gasteiger partial charge in [0.25, 0.3) is 0 Å². The maximum absolute atomic E-state index is 5.90. The van der Waals surface area contributed by atoms with Crippen molar-refractivity contribution < 1.29 is 4.74 Å². The van der Waals surface area contributed by atoms with E-state index < -0.39 is 0 Å². The lowest BCUT2D eigenvalue weighted by atomic mass is 10.1. The molecule has 0 bridgehead atoms. The average molecular weight is 250 g/mol. The van der Waals surface area contributed by atoms with Gasteiger partial charge in [-0.1, -0.05) is 20.8 Å². The van der Waals surface area contributed by atoms with E-state index >= 15 is 0 Å². The zero-order valence-electron chi connectivity index (χ0n) is 12.1. The fraction of sp³-hybridized carbons (Fsp3) is 0.667. The lowest BCUT2D eigenvalue weighted by molar-refractivity contribution is 0.193. The molecule has 0 aromatic carbocycles. The molecule has 1 aromatic rings. The van der Waals surface area contributed by atoms with Gasteiger partial charge in [0, 0.05) is 18.8 Å². The first-order valence-electron chi connectivity index (χ1n) is 6.94. The van der Waals surface area contributed by atoms with Gasteiger partial charge >= 0.3 is 0 Å². The normalized spacial score (nSPS) is 12.7. The molecule has 3 nitrogen and oxygen atoms in total. The van der Waals surface area contributed by atoms with E-state index in [1.165, 1.54) is 0 Å². The van der Waals surface area contributed by atoms with Crippen molar-refractivity contribution in [3.8, 4) is 5.75 Å². The Morgan fingerprint density at radius 1 is 1.33 bits per heavy atom. The van der Waals surface area contributed by atoms with Gasteiger partial charge in [0.2, 0.25) is 0 Å². The molecule has 0 saturated carbocycles. The Balaban J connectivity index is 2.48. The number of ether oxygens (including phenoxy) is 1. The van der Waals surface area contributed by atoms with Crippen LogP contribution >= 0.6 is 0 Å². The summed E-state index contributed by atoms with van der Waals surface area (Å²) in [5, 5.41) is 3.35. The smallest absolute Gasteiger partial charge is 0.123 e. The lowest BCUT2D eigenvalue weighted by Crippen LogP contribution is -2.16. The van der Waals surface area contributed by atoms with Gasteiger partial charge in [-0.25, -0.2) is 0 Å². The maximum Gasteiger partial charge on any atom is 0.123 e. The first-order valence-corrected chi connectivity index (χ1v) is 6.94. The van der Waals surface area contributed by atoms with E-state index in [0.717, 1.165) is 37.4 Å². The quantitative estimate of drug-likeness (QED) is 0.718. The molecule has 1 heterocycles. The van der Waals surface area contributed by atoms with Crippen LogP contribution in [-0.2, 0) is 6.54 Å². The molecule has 0 aliphatic heterocycles. The topological polar surface area (TPSA) is 34.1 Å². The molecule has 1 atom stereocenters. The average Bonchev–Trinajstić information content (AvgIpc) is 2.28. The van der Waals surface area contributed by atoms with E-state index in [0.29, 0.717) is 5.92 Å². The van der Waals surface area contributed by atoms with E-state index in [4.69, 9.17) is 4.74 Å². The maximum atomic E-state index is 5.90. The summed E-state index contributed by atoms with van der Waals surface area (Å²) in [5.74, 6) is 1.58. The fourth-order valence-corrected chi connectivity index (χ4v) is 1.96. The summed E-state index contributed by atoms with van der Waals surface area (Å²) >= 11 is 0. The summed E-state index contributed by atoms with van der Waals surface area (Å²) in [7, 11) is 0. The molecular weight excluding hydrogens is 224 g/mol. The van der Waals surface area contributed by atoms with Gasteiger partial charge in [0.15, 0.2) is 0 Å². The standard InChI is InChI=1S/C15H26N2O/c1-5-7-16-11-14-10-15(6-8-17-14)18-13(4)9-12(2)3/h6,8,10,12-13,16H,5,7,9,11H2,1-4H3. The van der Waals surface area contributed by atoms with Gasteiger partial charge in [0.05, 0.1) is 11.8 Å². The van der Waals surface area contributed by atoms with E-state index in [1.807, 2.05) is 18.3 Å². The van der Waals surface area contributed by atoms with Gasteiger partial charge in [-0.15, -0.1) is 0 Å². The Morgan fingerprint density at radius 3 is 2.78 bits per heavy atom. The molecule has 0 aliphatic carbocycles. The minimum absolute atomic E-state index is 0.254. The zero-order chi connectivity index (χ0) is 13.4. The molecule has 0 spiro atoms. The number of hydrogen-bond donors (Lipinski definition) is 1. The third-order valence-corrected chi connectivity index (χ3v) is 2.66. The van der Waals surface area contributed by atoms with Crippen LogP contribution in [0.1, 0.15) is 46.2 Å². The van der Waals surface area contributed by atoms with Crippen LogP contribution in [0.4, 0.5) is 0 Å². The Morgan fingerprint density at radius 2 is 2.11 bits per heavy atom. The van der Waals surface area contributed by atoms with Crippen molar-refractivity contribution in [1.29, 1.82) is 0 Å². The van der Waals surface area contributed by atoms with Crippen LogP contribution in [0.5, 0.6) is 5.75 Å². The third-order valence-electron chi connectivity index (χ3n) is 2.66. The van der Waals surface area contributed by atoms with Crippen LogP contribution in [-0.4, -0.2) is 17.6 Å². The molecule has 18 heavy (non-hydrogen) atoms. The highest BCUT2D eigenvalue weighted by Gasteiger charge is 2.07. The van der Waals surface area contributed by atoms with E-state index in [1.54, 1.807) is 0 Å². The van der Waals surface area contributed by atoms with Crippen LogP contribution in [0, 0.1) is 5.92 Å². The minimum Gasteiger partial charge on any atom is -0.491 e. The molecular formula is C15H26N2O. The number of nitrogens with zero attached hydrogens (tertiary/aromatic N) is 1. The van der Waals surface area contributed by atoms with Crippen LogP contribution < -0.4 is 10.1 Å². The molecule has 0 fully saturated rings. The second-order valence-electron chi connectivity index (χ2n) is 5.22. The molecule has 0 radical (unpaired) electrons. The molecule has 1 N–H and O–H groups in total. The van der Waals surface area contributed by atoms with Crippen LogP contribution in [0.25, 0.3) is 0 Å². The predicted molar refractivity (Wildman–Crippen MR) is 75.8 cm³/mol. The van der Waals surface area contributed by atoms with Crippen LogP contribution in [0.3, 0.4) is 0 Å². The number of aromatic nitrogens is 1. The third kappa shape index (κ3) is 6.01. The highest BCUT2D eigenvalue weighted by atomic mass is 16.5. The first kappa shape index (κ1) is 15.0. The van der Waals surface area contributed by atoms with Crippen molar-refractivity contribution in [3.63, 3.8) is 0 Å². The van der Waals surface area contributed by atoms with Crippen LogP contribution in [0.15, 0.2) is 18.3 Å². The van der Waals surface area contributed by atoms with Crippen molar-refractivity contribution in [2.24, 2.45) is 5.92 Å². The van der Waals surface area contributed by atoms with Crippen molar-refractivity contribution in [2.75, 3.05) is 6.54 Å². The lowest BCUT2D eigenvalue weighted by Gasteiger charge is -2.17. The van der Waals surface area contributed by atoms with Gasteiger partial charge in [0.1, 0.15) is 5.75 Å². The largest absolute Gasteiger partial charge is 0.491 e. The van der Waals surface area contributed by atoms with Gasteiger partial charge in [-0.05, 0) is 38.3 Å². The van der Waals surface area contributed by atoms with Crippen molar-refractivity contribution in [1.82, 2.24) is 10.3 Å². The van der Waals surface area contributed by atoms with E-state index in [9.17, 15) is 0 Å². The van der Waals surface area contributed by atoms with Crippen molar-refractivity contribution in [2.45, 2.75) is 53.2 Å². The molecule has 0 amide bonds. The van der Waals surface area contributed by atoms with Crippen molar-refractivity contribution >= 4 is 0 Å². The number of pyridine rings is 1. The Bertz CT molecular complexity index is 339. The SMILES string of the molecule is CCCNCc1cc(OC(C)CC(C)C)ccn1.